The van der Waals surface area contributed by atoms with E-state index in [2.05, 4.69) is 15.3 Å². The van der Waals surface area contributed by atoms with Crippen molar-refractivity contribution in [1.29, 1.82) is 0 Å². The van der Waals surface area contributed by atoms with Crippen molar-refractivity contribution in [1.82, 2.24) is 9.97 Å². The van der Waals surface area contributed by atoms with Gasteiger partial charge in [0, 0.05) is 14.7 Å². The fourth-order valence-electron chi connectivity index (χ4n) is 3.82. The van der Waals surface area contributed by atoms with Gasteiger partial charge in [0.05, 0.1) is 22.6 Å². The number of rotatable bonds is 7. The first kappa shape index (κ1) is 21.3. The molecule has 2 aromatic heterocycles. The Bertz CT molecular complexity index is 1330. The smallest absolute Gasteiger partial charge is 0.259 e. The highest BCUT2D eigenvalue weighted by Gasteiger charge is 2.21. The van der Waals surface area contributed by atoms with Crippen LogP contribution in [0.5, 0.6) is 0 Å². The Labute approximate surface area is 198 Å². The zero-order chi connectivity index (χ0) is 21.9. The molecule has 1 aliphatic rings. The van der Waals surface area contributed by atoms with Crippen LogP contribution < -0.4 is 10.9 Å². The Morgan fingerprint density at radius 2 is 1.91 bits per heavy atom. The molecule has 32 heavy (non-hydrogen) atoms. The number of H-pyrrole nitrogens is 1. The number of hydrogen-bond donors (Lipinski definition) is 2. The lowest BCUT2D eigenvalue weighted by molar-refractivity contribution is -0.113. The summed E-state index contributed by atoms with van der Waals surface area (Å²) in [5.74, 6) is 1.32. The molecule has 1 amide bonds. The lowest BCUT2D eigenvalue weighted by Gasteiger charge is -2.10. The summed E-state index contributed by atoms with van der Waals surface area (Å²) < 4.78 is 0. The molecule has 1 aliphatic carbocycles. The van der Waals surface area contributed by atoms with Crippen LogP contribution in [0.15, 0.2) is 69.2 Å². The van der Waals surface area contributed by atoms with E-state index >= 15 is 0 Å². The van der Waals surface area contributed by atoms with Gasteiger partial charge in [-0.05, 0) is 49.1 Å². The molecule has 4 aromatic rings. The maximum absolute atomic E-state index is 12.6. The number of para-hydroxylation sites is 1. The summed E-state index contributed by atoms with van der Waals surface area (Å²) in [7, 11) is 0. The Hall–Kier alpha value is -2.55. The molecule has 0 atom stereocenters. The van der Waals surface area contributed by atoms with Crippen LogP contribution in [0.3, 0.4) is 0 Å². The van der Waals surface area contributed by atoms with E-state index in [-0.39, 0.29) is 17.2 Å². The summed E-state index contributed by atoms with van der Waals surface area (Å²) in [6.45, 7) is 0. The number of benzene rings is 2. The second kappa shape index (κ2) is 9.52. The third-order valence-corrected chi connectivity index (χ3v) is 8.44. The maximum atomic E-state index is 12.6. The number of aromatic nitrogens is 2. The van der Waals surface area contributed by atoms with E-state index in [1.54, 1.807) is 23.1 Å². The molecular formula is C24H21N3O2S3. The standard InChI is InChI=1S/C24H21N3O2S3/c28-21(25-17-10-4-5-11-19(17)31-15-7-2-1-3-8-15)14-30-13-20-26-23(29)22-16-9-6-12-18(16)32-24(22)27-20/h1-5,7-8,10-11H,6,9,12-14H2,(H,25,28)(H,26,27,29). The van der Waals surface area contributed by atoms with Crippen LogP contribution in [0.1, 0.15) is 22.7 Å². The molecule has 0 unspecified atom stereocenters. The van der Waals surface area contributed by atoms with Gasteiger partial charge in [0.15, 0.2) is 0 Å². The van der Waals surface area contributed by atoms with Gasteiger partial charge in [0.25, 0.3) is 5.56 Å². The predicted octanol–water partition coefficient (Wildman–Crippen LogP) is 5.50. The van der Waals surface area contributed by atoms with Gasteiger partial charge in [-0.15, -0.1) is 23.1 Å². The summed E-state index contributed by atoms with van der Waals surface area (Å²) >= 11 is 4.70. The maximum Gasteiger partial charge on any atom is 0.259 e. The minimum atomic E-state index is -0.0744. The highest BCUT2D eigenvalue weighted by molar-refractivity contribution is 7.99. The molecule has 0 saturated carbocycles. The molecule has 0 saturated heterocycles. The van der Waals surface area contributed by atoms with Gasteiger partial charge in [-0.1, -0.05) is 42.1 Å². The average Bonchev–Trinajstić information content (AvgIpc) is 3.37. The molecule has 0 aliphatic heterocycles. The Kier molecular flexibility index (Phi) is 6.34. The van der Waals surface area contributed by atoms with E-state index in [1.165, 1.54) is 22.2 Å². The van der Waals surface area contributed by atoms with Crippen molar-refractivity contribution in [3.05, 3.63) is 81.2 Å². The van der Waals surface area contributed by atoms with Gasteiger partial charge < -0.3 is 10.3 Å². The first-order chi connectivity index (χ1) is 15.7. The van der Waals surface area contributed by atoms with E-state index in [9.17, 15) is 9.59 Å². The molecule has 2 heterocycles. The van der Waals surface area contributed by atoms with E-state index < -0.39 is 0 Å². The largest absolute Gasteiger partial charge is 0.324 e. The van der Waals surface area contributed by atoms with Crippen molar-refractivity contribution < 1.29 is 4.79 Å². The Morgan fingerprint density at radius 3 is 2.78 bits per heavy atom. The van der Waals surface area contributed by atoms with Gasteiger partial charge in [0.2, 0.25) is 5.91 Å². The fourth-order valence-corrected chi connectivity index (χ4v) is 6.71. The number of fused-ring (bicyclic) bond motifs is 3. The van der Waals surface area contributed by atoms with Crippen LogP contribution in [0.2, 0.25) is 0 Å². The van der Waals surface area contributed by atoms with Crippen molar-refractivity contribution in [2.24, 2.45) is 0 Å². The molecule has 5 rings (SSSR count). The van der Waals surface area contributed by atoms with Crippen molar-refractivity contribution in [2.75, 3.05) is 11.1 Å². The van der Waals surface area contributed by atoms with Crippen LogP contribution in [0.25, 0.3) is 10.2 Å². The number of hydrogen-bond acceptors (Lipinski definition) is 6. The van der Waals surface area contributed by atoms with E-state index in [4.69, 9.17) is 0 Å². The number of carbonyl (C=O) groups excluding carboxylic acids is 1. The molecule has 2 N–H and O–H groups in total. The summed E-state index contributed by atoms with van der Waals surface area (Å²) in [6.07, 6.45) is 3.14. The number of aromatic amines is 1. The third kappa shape index (κ3) is 4.62. The van der Waals surface area contributed by atoms with Crippen molar-refractivity contribution in [3.8, 4) is 0 Å². The van der Waals surface area contributed by atoms with Gasteiger partial charge in [-0.3, -0.25) is 9.59 Å². The van der Waals surface area contributed by atoms with Gasteiger partial charge in [0.1, 0.15) is 10.7 Å². The first-order valence-electron chi connectivity index (χ1n) is 10.4. The number of nitrogens with one attached hydrogen (secondary N) is 2. The second-order valence-electron chi connectivity index (χ2n) is 7.50. The van der Waals surface area contributed by atoms with E-state index in [0.717, 1.165) is 45.0 Å². The molecular weight excluding hydrogens is 458 g/mol. The van der Waals surface area contributed by atoms with E-state index in [0.29, 0.717) is 11.6 Å². The molecule has 0 bridgehead atoms. The number of nitrogens with zero attached hydrogens (tertiary/aromatic N) is 1. The van der Waals surface area contributed by atoms with Gasteiger partial charge in [-0.2, -0.15) is 0 Å². The lowest BCUT2D eigenvalue weighted by atomic mass is 10.2. The van der Waals surface area contributed by atoms with Crippen LogP contribution >= 0.6 is 34.9 Å². The summed E-state index contributed by atoms with van der Waals surface area (Å²) in [5.41, 5.74) is 1.93. The Balaban J connectivity index is 1.21. The highest BCUT2D eigenvalue weighted by atomic mass is 32.2. The molecule has 162 valence electrons. The topological polar surface area (TPSA) is 74.8 Å². The van der Waals surface area contributed by atoms with Crippen LogP contribution in [0.4, 0.5) is 5.69 Å². The van der Waals surface area contributed by atoms with Crippen LogP contribution in [0, 0.1) is 0 Å². The Morgan fingerprint density at radius 1 is 1.09 bits per heavy atom. The quantitative estimate of drug-likeness (QED) is 0.366. The normalized spacial score (nSPS) is 12.8. The molecule has 2 aromatic carbocycles. The SMILES string of the molecule is O=C(CSCc1nc2sc3c(c2c(=O)[nH]1)CCC3)Nc1ccccc1Sc1ccccc1. The van der Waals surface area contributed by atoms with E-state index in [1.807, 2.05) is 54.6 Å². The summed E-state index contributed by atoms with van der Waals surface area (Å²) in [4.78, 5) is 36.9. The monoisotopic (exact) mass is 479 g/mol. The minimum absolute atomic E-state index is 0.0543. The van der Waals surface area contributed by atoms with Crippen molar-refractivity contribution >= 4 is 56.7 Å². The molecule has 0 radical (unpaired) electrons. The number of thioether (sulfide) groups is 1. The van der Waals surface area contributed by atoms with Crippen molar-refractivity contribution in [2.45, 2.75) is 34.8 Å². The number of amides is 1. The number of aryl methyl sites for hydroxylation is 2. The fraction of sp³-hybridized carbons (Fsp3) is 0.208. The summed E-state index contributed by atoms with van der Waals surface area (Å²) in [5, 5.41) is 3.78. The number of carbonyl (C=O) groups is 1. The molecule has 0 spiro atoms. The van der Waals surface area contributed by atoms with Crippen LogP contribution in [-0.2, 0) is 23.4 Å². The number of anilines is 1. The average molecular weight is 480 g/mol. The minimum Gasteiger partial charge on any atom is -0.324 e. The zero-order valence-corrected chi connectivity index (χ0v) is 19.7. The molecule has 8 heteroatoms. The predicted molar refractivity (Wildman–Crippen MR) is 134 cm³/mol. The first-order valence-corrected chi connectivity index (χ1v) is 13.2. The van der Waals surface area contributed by atoms with Gasteiger partial charge >= 0.3 is 0 Å². The van der Waals surface area contributed by atoms with Crippen LogP contribution in [-0.4, -0.2) is 21.6 Å². The van der Waals surface area contributed by atoms with Crippen molar-refractivity contribution in [3.63, 3.8) is 0 Å². The third-order valence-electron chi connectivity index (χ3n) is 5.23. The highest BCUT2D eigenvalue weighted by Crippen LogP contribution is 2.35. The second-order valence-corrected chi connectivity index (χ2v) is 10.7. The summed E-state index contributed by atoms with van der Waals surface area (Å²) in [6, 6.07) is 17.9. The number of thiophene rings is 1. The molecule has 0 fully saturated rings. The molecule has 5 nitrogen and oxygen atoms in total. The lowest BCUT2D eigenvalue weighted by Crippen LogP contribution is -2.15. The van der Waals surface area contributed by atoms with Gasteiger partial charge in [-0.25, -0.2) is 4.98 Å². The zero-order valence-electron chi connectivity index (χ0n) is 17.2.